The molecule has 0 amide bonds. The van der Waals surface area contributed by atoms with Gasteiger partial charge in [0.05, 0.1) is 16.7 Å². The Labute approximate surface area is 174 Å². The van der Waals surface area contributed by atoms with E-state index in [2.05, 4.69) is 33.7 Å². The van der Waals surface area contributed by atoms with E-state index in [1.54, 1.807) is 0 Å². The van der Waals surface area contributed by atoms with Crippen molar-refractivity contribution in [2.24, 2.45) is 0 Å². The first-order chi connectivity index (χ1) is 14.6. The van der Waals surface area contributed by atoms with Gasteiger partial charge in [0.15, 0.2) is 0 Å². The van der Waals surface area contributed by atoms with Crippen molar-refractivity contribution in [1.82, 2.24) is 20.4 Å². The summed E-state index contributed by atoms with van der Waals surface area (Å²) in [5, 5.41) is 17.8. The maximum atomic E-state index is 10.5. The zero-order valence-electron chi connectivity index (χ0n) is 17.1. The minimum Gasteiger partial charge on any atom is -0.374 e. The van der Waals surface area contributed by atoms with E-state index in [0.29, 0.717) is 5.92 Å². The van der Waals surface area contributed by atoms with Crippen LogP contribution in [0.2, 0.25) is 0 Å². The number of hydrogen-bond donors (Lipinski definition) is 3. The first-order valence-corrected chi connectivity index (χ1v) is 10.6. The third-order valence-electron chi connectivity index (χ3n) is 6.40. The van der Waals surface area contributed by atoms with Gasteiger partial charge in [0, 0.05) is 23.6 Å². The Morgan fingerprint density at radius 2 is 2.00 bits per heavy atom. The lowest BCUT2D eigenvalue weighted by atomic mass is 9.88. The predicted octanol–water partition coefficient (Wildman–Crippen LogP) is 4.52. The van der Waals surface area contributed by atoms with Crippen LogP contribution in [0.5, 0.6) is 0 Å². The number of fused-ring (bicyclic) bond motifs is 2. The Morgan fingerprint density at radius 3 is 2.77 bits per heavy atom. The minimum atomic E-state index is -0.629. The molecule has 3 N–H and O–H groups in total. The molecule has 6 nitrogen and oxygen atoms in total. The number of benzene rings is 2. The first kappa shape index (κ1) is 17.9. The number of aromatic amines is 1. The molecular formula is C24H24N4O2. The zero-order valence-corrected chi connectivity index (χ0v) is 17.1. The number of hydrogen-bond acceptors (Lipinski definition) is 5. The molecule has 2 aliphatic rings. The molecule has 1 aliphatic carbocycles. The summed E-state index contributed by atoms with van der Waals surface area (Å²) in [6.45, 7) is 4.69. The smallest absolute Gasteiger partial charge is 0.141 e. The highest BCUT2D eigenvalue weighted by atomic mass is 16.5. The normalized spacial score (nSPS) is 18.7. The van der Waals surface area contributed by atoms with Crippen molar-refractivity contribution in [2.45, 2.75) is 45.3 Å². The van der Waals surface area contributed by atoms with Crippen LogP contribution in [-0.4, -0.2) is 26.8 Å². The molecule has 6 rings (SSSR count). The number of aromatic nitrogens is 3. The van der Waals surface area contributed by atoms with Gasteiger partial charge in [-0.2, -0.15) is 0 Å². The Balaban J connectivity index is 1.64. The molecule has 0 bridgehead atoms. The van der Waals surface area contributed by atoms with Gasteiger partial charge < -0.3 is 14.6 Å². The minimum absolute atomic E-state index is 0.545. The topological polar surface area (TPSA) is 87.0 Å². The predicted molar refractivity (Wildman–Crippen MR) is 115 cm³/mol. The third-order valence-corrected chi connectivity index (χ3v) is 6.40. The summed E-state index contributed by atoms with van der Waals surface area (Å²) in [5.74, 6) is 2.44. The second-order valence-electron chi connectivity index (χ2n) is 8.50. The fourth-order valence-electron chi connectivity index (χ4n) is 4.77. The summed E-state index contributed by atoms with van der Waals surface area (Å²) in [6, 6.07) is 10.5. The maximum absolute atomic E-state index is 10.5. The van der Waals surface area contributed by atoms with E-state index in [0.717, 1.165) is 69.1 Å². The summed E-state index contributed by atoms with van der Waals surface area (Å²) in [6.07, 6.45) is 2.64. The first-order valence-electron chi connectivity index (χ1n) is 10.6. The van der Waals surface area contributed by atoms with E-state index < -0.39 is 6.23 Å². The SMILES string of the molecule is Cc1noc(C)c1-c1cc(-c2cccc3c2CCNC3O)c2nc(C3CC3)[nH]c2c1. The van der Waals surface area contributed by atoms with E-state index in [-0.39, 0.29) is 0 Å². The van der Waals surface area contributed by atoms with Crippen LogP contribution in [0.4, 0.5) is 0 Å². The van der Waals surface area contributed by atoms with E-state index in [4.69, 9.17) is 9.51 Å². The van der Waals surface area contributed by atoms with Crippen LogP contribution in [-0.2, 0) is 6.42 Å². The standard InChI is InChI=1S/C24H24N4O2/c1-12-21(13(2)30-28-12)15-10-19(22-20(11-15)26-23(27-22)14-6-7-14)16-4-3-5-18-17(16)8-9-25-24(18)29/h3-5,10-11,14,24-25,29H,6-9H2,1-2H3,(H,26,27). The summed E-state index contributed by atoms with van der Waals surface area (Å²) in [5.41, 5.74) is 9.40. The molecule has 1 aliphatic heterocycles. The van der Waals surface area contributed by atoms with Gasteiger partial charge in [0.2, 0.25) is 0 Å². The Bertz CT molecular complexity index is 1260. The Kier molecular flexibility index (Phi) is 3.88. The van der Waals surface area contributed by atoms with E-state index in [1.165, 1.54) is 18.4 Å². The molecule has 0 radical (unpaired) electrons. The van der Waals surface area contributed by atoms with Crippen molar-refractivity contribution < 1.29 is 9.63 Å². The summed E-state index contributed by atoms with van der Waals surface area (Å²) >= 11 is 0. The molecule has 6 heteroatoms. The van der Waals surface area contributed by atoms with Gasteiger partial charge in [-0.15, -0.1) is 0 Å². The molecule has 0 spiro atoms. The van der Waals surface area contributed by atoms with Gasteiger partial charge in [-0.25, -0.2) is 4.98 Å². The zero-order chi connectivity index (χ0) is 20.4. The number of aliphatic hydroxyl groups is 1. The van der Waals surface area contributed by atoms with Crippen LogP contribution in [0.25, 0.3) is 33.3 Å². The quantitative estimate of drug-likeness (QED) is 0.471. The molecule has 3 heterocycles. The van der Waals surface area contributed by atoms with Gasteiger partial charge in [0.25, 0.3) is 0 Å². The van der Waals surface area contributed by atoms with Crippen LogP contribution >= 0.6 is 0 Å². The second-order valence-corrected chi connectivity index (χ2v) is 8.50. The molecule has 2 aromatic heterocycles. The van der Waals surface area contributed by atoms with E-state index in [1.807, 2.05) is 26.0 Å². The van der Waals surface area contributed by atoms with Gasteiger partial charge in [-0.3, -0.25) is 5.32 Å². The van der Waals surface area contributed by atoms with Gasteiger partial charge in [-0.1, -0.05) is 23.4 Å². The number of nitrogens with one attached hydrogen (secondary N) is 2. The molecule has 152 valence electrons. The highest BCUT2D eigenvalue weighted by molar-refractivity contribution is 5.97. The fourth-order valence-corrected chi connectivity index (χ4v) is 4.77. The Morgan fingerprint density at radius 1 is 1.13 bits per heavy atom. The summed E-state index contributed by atoms with van der Waals surface area (Å²) in [7, 11) is 0. The fraction of sp³-hybridized carbons (Fsp3) is 0.333. The Hall–Kier alpha value is -2.96. The van der Waals surface area contributed by atoms with E-state index in [9.17, 15) is 5.11 Å². The van der Waals surface area contributed by atoms with Gasteiger partial charge >= 0.3 is 0 Å². The third kappa shape index (κ3) is 2.71. The number of rotatable bonds is 3. The monoisotopic (exact) mass is 400 g/mol. The molecule has 0 saturated heterocycles. The van der Waals surface area contributed by atoms with Crippen molar-refractivity contribution in [3.05, 3.63) is 58.7 Å². The van der Waals surface area contributed by atoms with Crippen molar-refractivity contribution in [1.29, 1.82) is 0 Å². The highest BCUT2D eigenvalue weighted by Gasteiger charge is 2.28. The van der Waals surface area contributed by atoms with Crippen molar-refractivity contribution in [2.75, 3.05) is 6.54 Å². The number of H-pyrrole nitrogens is 1. The van der Waals surface area contributed by atoms with Crippen molar-refractivity contribution in [3.8, 4) is 22.3 Å². The molecule has 1 unspecified atom stereocenters. The largest absolute Gasteiger partial charge is 0.374 e. The molecule has 1 atom stereocenters. The number of aryl methyl sites for hydroxylation is 2. The van der Waals surface area contributed by atoms with Crippen molar-refractivity contribution >= 4 is 11.0 Å². The van der Waals surface area contributed by atoms with Crippen molar-refractivity contribution in [3.63, 3.8) is 0 Å². The molecule has 1 fully saturated rings. The van der Waals surface area contributed by atoms with Crippen LogP contribution in [0.1, 0.15) is 53.4 Å². The molecule has 4 aromatic rings. The van der Waals surface area contributed by atoms with Crippen LogP contribution in [0.15, 0.2) is 34.9 Å². The number of aliphatic hydroxyl groups excluding tert-OH is 1. The lowest BCUT2D eigenvalue weighted by Crippen LogP contribution is -2.29. The molecule has 1 saturated carbocycles. The molecule has 30 heavy (non-hydrogen) atoms. The van der Waals surface area contributed by atoms with Crippen LogP contribution in [0.3, 0.4) is 0 Å². The highest BCUT2D eigenvalue weighted by Crippen LogP contribution is 2.43. The average Bonchev–Trinajstić information content (AvgIpc) is 3.42. The van der Waals surface area contributed by atoms with Crippen LogP contribution in [0, 0.1) is 13.8 Å². The average molecular weight is 400 g/mol. The summed E-state index contributed by atoms with van der Waals surface area (Å²) in [4.78, 5) is 8.59. The van der Waals surface area contributed by atoms with Crippen LogP contribution < -0.4 is 5.32 Å². The lowest BCUT2D eigenvalue weighted by molar-refractivity contribution is 0.132. The number of imidazole rings is 1. The van der Waals surface area contributed by atoms with E-state index >= 15 is 0 Å². The number of nitrogens with zero attached hydrogens (tertiary/aromatic N) is 2. The maximum Gasteiger partial charge on any atom is 0.141 e. The summed E-state index contributed by atoms with van der Waals surface area (Å²) < 4.78 is 5.45. The molecular weight excluding hydrogens is 376 g/mol. The van der Waals surface area contributed by atoms with Gasteiger partial charge in [0.1, 0.15) is 17.8 Å². The second kappa shape index (κ2) is 6.52. The lowest BCUT2D eigenvalue weighted by Gasteiger charge is -2.25. The molecule has 2 aromatic carbocycles. The van der Waals surface area contributed by atoms with Gasteiger partial charge in [-0.05, 0) is 67.5 Å².